The molecule has 0 radical (unpaired) electrons. The Morgan fingerprint density at radius 1 is 1.53 bits per heavy atom. The second kappa shape index (κ2) is 6.06. The van der Waals surface area contributed by atoms with Crippen molar-refractivity contribution in [1.82, 2.24) is 4.90 Å². The average Bonchev–Trinajstić information content (AvgIpc) is 2.42. The summed E-state index contributed by atoms with van der Waals surface area (Å²) in [5, 5.41) is 0. The monoisotopic (exact) mass is 262 g/mol. The molecular formula is C15H22N2O2. The minimum atomic E-state index is 0.0519. The van der Waals surface area contributed by atoms with Crippen LogP contribution in [0.5, 0.6) is 0 Å². The van der Waals surface area contributed by atoms with Gasteiger partial charge in [0.2, 0.25) is 0 Å². The van der Waals surface area contributed by atoms with Crippen molar-refractivity contribution >= 4 is 11.6 Å². The van der Waals surface area contributed by atoms with Gasteiger partial charge in [0.05, 0.1) is 6.10 Å². The number of ether oxygens (including phenoxy) is 1. The highest BCUT2D eigenvalue weighted by Gasteiger charge is 2.24. The van der Waals surface area contributed by atoms with E-state index in [1.54, 1.807) is 6.07 Å². The van der Waals surface area contributed by atoms with Crippen molar-refractivity contribution in [2.24, 2.45) is 0 Å². The molecule has 0 aliphatic carbocycles. The van der Waals surface area contributed by atoms with Crippen LogP contribution in [0.1, 0.15) is 35.7 Å². The molecule has 0 spiro atoms. The molecule has 1 amide bonds. The van der Waals surface area contributed by atoms with Crippen LogP contribution in [0.3, 0.4) is 0 Å². The van der Waals surface area contributed by atoms with Crippen LogP contribution in [0.25, 0.3) is 0 Å². The summed E-state index contributed by atoms with van der Waals surface area (Å²) in [5.74, 6) is 0.0519. The number of amides is 1. The number of anilines is 1. The van der Waals surface area contributed by atoms with Crippen LogP contribution < -0.4 is 5.73 Å². The summed E-state index contributed by atoms with van der Waals surface area (Å²) in [7, 11) is 0. The third-order valence-corrected chi connectivity index (χ3v) is 3.59. The van der Waals surface area contributed by atoms with Crippen molar-refractivity contribution in [2.75, 3.05) is 25.4 Å². The van der Waals surface area contributed by atoms with Gasteiger partial charge in [-0.1, -0.05) is 6.07 Å². The number of rotatable bonds is 3. The largest absolute Gasteiger partial charge is 0.398 e. The molecule has 4 nitrogen and oxygen atoms in total. The van der Waals surface area contributed by atoms with E-state index in [4.69, 9.17) is 10.5 Å². The predicted octanol–water partition coefficient (Wildman–Crippen LogP) is 2.22. The molecule has 1 aliphatic heterocycles. The van der Waals surface area contributed by atoms with Gasteiger partial charge in [0.25, 0.3) is 5.91 Å². The lowest BCUT2D eigenvalue weighted by Crippen LogP contribution is -2.43. The van der Waals surface area contributed by atoms with Crippen molar-refractivity contribution < 1.29 is 9.53 Å². The van der Waals surface area contributed by atoms with Crippen LogP contribution in [0.15, 0.2) is 18.2 Å². The van der Waals surface area contributed by atoms with Gasteiger partial charge in [0.1, 0.15) is 0 Å². The van der Waals surface area contributed by atoms with Crippen LogP contribution in [0, 0.1) is 6.92 Å². The fraction of sp³-hybridized carbons (Fsp3) is 0.533. The van der Waals surface area contributed by atoms with Crippen molar-refractivity contribution in [2.45, 2.75) is 32.8 Å². The Bertz CT molecular complexity index is 457. The molecule has 1 aromatic rings. The van der Waals surface area contributed by atoms with E-state index in [1.807, 2.05) is 30.9 Å². The minimum Gasteiger partial charge on any atom is -0.398 e. The van der Waals surface area contributed by atoms with Crippen LogP contribution in [-0.4, -0.2) is 36.6 Å². The molecule has 1 aromatic carbocycles. The Labute approximate surface area is 114 Å². The summed E-state index contributed by atoms with van der Waals surface area (Å²) in [6.07, 6.45) is 2.20. The van der Waals surface area contributed by atoms with Gasteiger partial charge in [0.15, 0.2) is 0 Å². The Hall–Kier alpha value is -1.55. The first-order chi connectivity index (χ1) is 9.11. The number of nitrogens with two attached hydrogens (primary N) is 1. The molecule has 2 N–H and O–H groups in total. The summed E-state index contributed by atoms with van der Waals surface area (Å²) < 4.78 is 5.62. The number of aryl methyl sites for hydroxylation is 1. The molecule has 1 unspecified atom stereocenters. The zero-order chi connectivity index (χ0) is 13.8. The molecule has 1 aliphatic rings. The van der Waals surface area contributed by atoms with E-state index >= 15 is 0 Å². The summed E-state index contributed by atoms with van der Waals surface area (Å²) >= 11 is 0. The quantitative estimate of drug-likeness (QED) is 0.850. The van der Waals surface area contributed by atoms with Crippen LogP contribution >= 0.6 is 0 Å². The van der Waals surface area contributed by atoms with E-state index < -0.39 is 0 Å². The van der Waals surface area contributed by atoms with E-state index in [9.17, 15) is 4.79 Å². The van der Waals surface area contributed by atoms with Crippen LogP contribution in [0.4, 0.5) is 5.69 Å². The van der Waals surface area contributed by atoms with Crippen molar-refractivity contribution in [3.05, 3.63) is 29.3 Å². The fourth-order valence-corrected chi connectivity index (χ4v) is 2.45. The minimum absolute atomic E-state index is 0.0519. The smallest absolute Gasteiger partial charge is 0.254 e. The van der Waals surface area contributed by atoms with E-state index in [2.05, 4.69) is 0 Å². The van der Waals surface area contributed by atoms with Gasteiger partial charge in [-0.15, -0.1) is 0 Å². The standard InChI is InChI=1S/C15H22N2O2/c1-3-19-13-5-4-8-17(10-13)15(18)12-7-6-11(2)14(16)9-12/h6-7,9,13H,3-5,8,10,16H2,1-2H3. The molecule has 0 bridgehead atoms. The third kappa shape index (κ3) is 3.26. The van der Waals surface area contributed by atoms with Gasteiger partial charge in [-0.05, 0) is 44.4 Å². The summed E-state index contributed by atoms with van der Waals surface area (Å²) in [6.45, 7) is 6.11. The van der Waals surface area contributed by atoms with E-state index in [0.717, 1.165) is 24.9 Å². The number of benzene rings is 1. The van der Waals surface area contributed by atoms with E-state index in [0.29, 0.717) is 24.4 Å². The number of hydrogen-bond donors (Lipinski definition) is 1. The Morgan fingerprint density at radius 2 is 2.32 bits per heavy atom. The second-order valence-electron chi connectivity index (χ2n) is 5.04. The highest BCUT2D eigenvalue weighted by Crippen LogP contribution is 2.18. The number of piperidine rings is 1. The summed E-state index contributed by atoms with van der Waals surface area (Å²) in [5.41, 5.74) is 8.21. The SMILES string of the molecule is CCOC1CCCN(C(=O)c2ccc(C)c(N)c2)C1. The third-order valence-electron chi connectivity index (χ3n) is 3.59. The molecule has 1 heterocycles. The van der Waals surface area contributed by atoms with E-state index in [1.165, 1.54) is 0 Å². The zero-order valence-electron chi connectivity index (χ0n) is 11.7. The highest BCUT2D eigenvalue weighted by atomic mass is 16.5. The molecule has 1 atom stereocenters. The van der Waals surface area contributed by atoms with Gasteiger partial charge in [0, 0.05) is 30.9 Å². The van der Waals surface area contributed by atoms with Crippen molar-refractivity contribution in [3.8, 4) is 0 Å². The fourth-order valence-electron chi connectivity index (χ4n) is 2.45. The first-order valence-corrected chi connectivity index (χ1v) is 6.88. The molecule has 4 heteroatoms. The average molecular weight is 262 g/mol. The predicted molar refractivity (Wildman–Crippen MR) is 76.1 cm³/mol. The van der Waals surface area contributed by atoms with Gasteiger partial charge in [-0.25, -0.2) is 0 Å². The number of carbonyl (C=O) groups excluding carboxylic acids is 1. The van der Waals surface area contributed by atoms with Crippen molar-refractivity contribution in [3.63, 3.8) is 0 Å². The van der Waals surface area contributed by atoms with Crippen LogP contribution in [-0.2, 0) is 4.74 Å². The molecule has 0 saturated carbocycles. The number of carbonyl (C=O) groups is 1. The van der Waals surface area contributed by atoms with Gasteiger partial charge < -0.3 is 15.4 Å². The van der Waals surface area contributed by atoms with E-state index in [-0.39, 0.29) is 12.0 Å². The van der Waals surface area contributed by atoms with Crippen LogP contribution in [0.2, 0.25) is 0 Å². The number of nitrogens with zero attached hydrogens (tertiary/aromatic N) is 1. The maximum absolute atomic E-state index is 12.4. The lowest BCUT2D eigenvalue weighted by atomic mass is 10.1. The molecule has 19 heavy (non-hydrogen) atoms. The van der Waals surface area contributed by atoms with Gasteiger partial charge >= 0.3 is 0 Å². The van der Waals surface area contributed by atoms with Crippen molar-refractivity contribution in [1.29, 1.82) is 0 Å². The lowest BCUT2D eigenvalue weighted by molar-refractivity contribution is 0.00724. The molecule has 2 rings (SSSR count). The Kier molecular flexibility index (Phi) is 4.43. The van der Waals surface area contributed by atoms with Gasteiger partial charge in [-0.3, -0.25) is 4.79 Å². The lowest BCUT2D eigenvalue weighted by Gasteiger charge is -2.32. The second-order valence-corrected chi connectivity index (χ2v) is 5.04. The molecule has 1 saturated heterocycles. The molecular weight excluding hydrogens is 240 g/mol. The molecule has 0 aromatic heterocycles. The van der Waals surface area contributed by atoms with Gasteiger partial charge in [-0.2, -0.15) is 0 Å². The Balaban J connectivity index is 2.08. The first kappa shape index (κ1) is 13.9. The topological polar surface area (TPSA) is 55.6 Å². The summed E-state index contributed by atoms with van der Waals surface area (Å²) in [6, 6.07) is 5.51. The zero-order valence-corrected chi connectivity index (χ0v) is 11.7. The first-order valence-electron chi connectivity index (χ1n) is 6.88. The number of hydrogen-bond acceptors (Lipinski definition) is 3. The normalized spacial score (nSPS) is 19.5. The maximum atomic E-state index is 12.4. The molecule has 104 valence electrons. The Morgan fingerprint density at radius 3 is 3.00 bits per heavy atom. The number of likely N-dealkylation sites (tertiary alicyclic amines) is 1. The highest BCUT2D eigenvalue weighted by molar-refractivity contribution is 5.95. The maximum Gasteiger partial charge on any atom is 0.254 e. The number of nitrogen functional groups attached to an aromatic ring is 1. The summed E-state index contributed by atoms with van der Waals surface area (Å²) in [4.78, 5) is 14.3. The molecule has 1 fully saturated rings.